The van der Waals surface area contributed by atoms with Gasteiger partial charge < -0.3 is 5.32 Å². The number of anilines is 3. The van der Waals surface area contributed by atoms with Crippen molar-refractivity contribution in [2.45, 2.75) is 0 Å². The molecule has 9 heteroatoms. The molecule has 3 rings (SSSR count). The van der Waals surface area contributed by atoms with Crippen molar-refractivity contribution < 1.29 is 13.2 Å². The molecule has 0 aliphatic carbocycles. The summed E-state index contributed by atoms with van der Waals surface area (Å²) in [5.41, 5.74) is 1.61. The van der Waals surface area contributed by atoms with E-state index in [1.54, 1.807) is 30.3 Å². The van der Waals surface area contributed by atoms with Crippen molar-refractivity contribution in [3.05, 3.63) is 39.5 Å². The van der Waals surface area contributed by atoms with Gasteiger partial charge in [-0.15, -0.1) is 11.3 Å². The topological polar surface area (TPSA) is 69.7 Å². The van der Waals surface area contributed by atoms with Gasteiger partial charge in [0.15, 0.2) is 0 Å². The molecule has 0 bridgehead atoms. The van der Waals surface area contributed by atoms with Crippen molar-refractivity contribution in [1.29, 1.82) is 0 Å². The zero-order chi connectivity index (χ0) is 16.1. The molecule has 2 aromatic rings. The van der Waals surface area contributed by atoms with E-state index < -0.39 is 10.2 Å². The van der Waals surface area contributed by atoms with Crippen molar-refractivity contribution in [2.75, 3.05) is 28.0 Å². The van der Waals surface area contributed by atoms with E-state index in [1.165, 1.54) is 34.0 Å². The lowest BCUT2D eigenvalue weighted by Crippen LogP contribution is -2.32. The number of fused-ring (bicyclic) bond motifs is 1. The van der Waals surface area contributed by atoms with Crippen LogP contribution in [0.4, 0.5) is 17.1 Å². The van der Waals surface area contributed by atoms with Crippen LogP contribution in [0, 0.1) is 0 Å². The third-order valence-electron chi connectivity index (χ3n) is 3.40. The van der Waals surface area contributed by atoms with Crippen LogP contribution in [-0.4, -0.2) is 28.4 Å². The largest absolute Gasteiger partial charge is 0.326 e. The summed E-state index contributed by atoms with van der Waals surface area (Å²) in [6, 6.07) is 8.24. The summed E-state index contributed by atoms with van der Waals surface area (Å²) in [6.45, 7) is 0. The monoisotopic (exact) mass is 357 g/mol. The molecule has 1 amide bonds. The molecule has 0 radical (unpaired) electrons. The molecule has 1 N–H and O–H groups in total. The maximum absolute atomic E-state index is 12.1. The van der Waals surface area contributed by atoms with Gasteiger partial charge in [-0.2, -0.15) is 8.42 Å². The Morgan fingerprint density at radius 1 is 1.14 bits per heavy atom. The van der Waals surface area contributed by atoms with E-state index >= 15 is 0 Å². The fraction of sp³-hybridized carbons (Fsp3) is 0.154. The number of hydrogen-bond acceptors (Lipinski definition) is 4. The summed E-state index contributed by atoms with van der Waals surface area (Å²) in [5.74, 6) is -0.284. The lowest BCUT2D eigenvalue weighted by Gasteiger charge is -2.13. The molecule has 1 aromatic carbocycles. The molecule has 0 saturated carbocycles. The third-order valence-corrected chi connectivity index (χ3v) is 6.41. The number of hydrogen-bond donors (Lipinski definition) is 1. The number of carbonyl (C=O) groups excluding carboxylic acids is 1. The summed E-state index contributed by atoms with van der Waals surface area (Å²) < 4.78 is 27.0. The van der Waals surface area contributed by atoms with Gasteiger partial charge in [-0.1, -0.05) is 11.6 Å². The second-order valence-corrected chi connectivity index (χ2v) is 8.41. The first kappa shape index (κ1) is 15.1. The number of carbonyl (C=O) groups is 1. The molecule has 0 saturated heterocycles. The summed E-state index contributed by atoms with van der Waals surface area (Å²) in [7, 11) is -0.554. The average molecular weight is 358 g/mol. The van der Waals surface area contributed by atoms with E-state index in [0.29, 0.717) is 26.3 Å². The predicted octanol–water partition coefficient (Wildman–Crippen LogP) is 2.78. The number of thiophene rings is 1. The van der Waals surface area contributed by atoms with E-state index in [-0.39, 0.29) is 5.91 Å². The van der Waals surface area contributed by atoms with Crippen molar-refractivity contribution >= 4 is 56.1 Å². The molecule has 0 fully saturated rings. The van der Waals surface area contributed by atoms with Crippen LogP contribution in [0.1, 0.15) is 9.67 Å². The summed E-state index contributed by atoms with van der Waals surface area (Å²) in [5, 5.41) is 2.74. The summed E-state index contributed by atoms with van der Waals surface area (Å²) in [6.07, 6.45) is 0. The van der Waals surface area contributed by atoms with Crippen LogP contribution in [0.25, 0.3) is 0 Å². The molecule has 0 unspecified atom stereocenters. The highest BCUT2D eigenvalue weighted by atomic mass is 35.5. The first-order valence-electron chi connectivity index (χ1n) is 6.24. The number of benzene rings is 1. The normalized spacial score (nSPS) is 15.8. The molecule has 0 spiro atoms. The molecule has 0 atom stereocenters. The van der Waals surface area contributed by atoms with E-state index in [1.807, 2.05) is 0 Å². The lowest BCUT2D eigenvalue weighted by atomic mass is 10.2. The molecule has 2 heterocycles. The van der Waals surface area contributed by atoms with E-state index in [2.05, 4.69) is 5.32 Å². The van der Waals surface area contributed by atoms with Crippen LogP contribution in [0.5, 0.6) is 0 Å². The molecule has 1 aromatic heterocycles. The molecule has 1 aliphatic heterocycles. The fourth-order valence-corrected chi connectivity index (χ4v) is 4.28. The van der Waals surface area contributed by atoms with E-state index in [9.17, 15) is 13.2 Å². The van der Waals surface area contributed by atoms with Crippen LogP contribution >= 0.6 is 22.9 Å². The summed E-state index contributed by atoms with van der Waals surface area (Å²) in [4.78, 5) is 12.6. The Morgan fingerprint density at radius 2 is 1.82 bits per heavy atom. The Morgan fingerprint density at radius 3 is 2.45 bits per heavy atom. The zero-order valence-corrected chi connectivity index (χ0v) is 14.1. The van der Waals surface area contributed by atoms with Crippen LogP contribution in [0.2, 0.25) is 4.34 Å². The highest BCUT2D eigenvalue weighted by molar-refractivity contribution is 7.94. The highest BCUT2D eigenvalue weighted by Crippen LogP contribution is 2.40. The van der Waals surface area contributed by atoms with E-state index in [0.717, 1.165) is 0 Å². The highest BCUT2D eigenvalue weighted by Gasteiger charge is 2.35. The number of nitrogens with one attached hydrogen (secondary N) is 1. The minimum absolute atomic E-state index is 0.284. The second kappa shape index (κ2) is 5.15. The molecule has 6 nitrogen and oxygen atoms in total. The van der Waals surface area contributed by atoms with Crippen LogP contribution in [0.15, 0.2) is 30.3 Å². The average Bonchev–Trinajstić information content (AvgIpc) is 2.97. The van der Waals surface area contributed by atoms with Gasteiger partial charge >= 0.3 is 10.2 Å². The molecular weight excluding hydrogens is 346 g/mol. The molecule has 22 heavy (non-hydrogen) atoms. The van der Waals surface area contributed by atoms with Crippen molar-refractivity contribution in [1.82, 2.24) is 0 Å². The van der Waals surface area contributed by atoms with Gasteiger partial charge in [0.1, 0.15) is 0 Å². The lowest BCUT2D eigenvalue weighted by molar-refractivity contribution is 0.103. The number of nitrogens with zero attached hydrogens (tertiary/aromatic N) is 2. The quantitative estimate of drug-likeness (QED) is 0.898. The van der Waals surface area contributed by atoms with Gasteiger partial charge in [0.2, 0.25) is 0 Å². The van der Waals surface area contributed by atoms with Crippen molar-refractivity contribution in [2.24, 2.45) is 0 Å². The Hall–Kier alpha value is -1.77. The first-order valence-corrected chi connectivity index (χ1v) is 8.83. The Balaban J connectivity index is 1.90. The number of rotatable bonds is 2. The van der Waals surface area contributed by atoms with Gasteiger partial charge in [-0.05, 0) is 30.3 Å². The van der Waals surface area contributed by atoms with Gasteiger partial charge in [0.05, 0.1) is 20.6 Å². The van der Waals surface area contributed by atoms with Crippen LogP contribution in [0.3, 0.4) is 0 Å². The van der Waals surface area contributed by atoms with Crippen molar-refractivity contribution in [3.63, 3.8) is 0 Å². The third kappa shape index (κ3) is 2.33. The molecule has 116 valence electrons. The SMILES string of the molecule is CN1c2ccc(NC(=O)c3ccc(Cl)s3)cc2N(C)S1(=O)=O. The zero-order valence-electron chi connectivity index (χ0n) is 11.7. The summed E-state index contributed by atoms with van der Waals surface area (Å²) >= 11 is 6.99. The fourth-order valence-electron chi connectivity index (χ4n) is 2.18. The second-order valence-electron chi connectivity index (χ2n) is 4.70. The standard InChI is InChI=1S/C13H12ClN3O3S2/c1-16-9-4-3-8(7-10(9)17(2)22(16,19)20)15-13(18)11-5-6-12(14)21-11/h3-7H,1-2H3,(H,15,18). The van der Waals surface area contributed by atoms with Gasteiger partial charge in [-0.25, -0.2) is 0 Å². The Bertz CT molecular complexity index is 863. The predicted molar refractivity (Wildman–Crippen MR) is 89.5 cm³/mol. The van der Waals surface area contributed by atoms with Gasteiger partial charge in [0.25, 0.3) is 5.91 Å². The van der Waals surface area contributed by atoms with Crippen LogP contribution < -0.4 is 13.9 Å². The molecule has 1 aliphatic rings. The minimum atomic E-state index is -3.52. The Kier molecular flexibility index (Phi) is 3.54. The Labute approximate surface area is 137 Å². The van der Waals surface area contributed by atoms with Gasteiger partial charge in [0, 0.05) is 19.8 Å². The van der Waals surface area contributed by atoms with E-state index in [4.69, 9.17) is 11.6 Å². The maximum Gasteiger partial charge on any atom is 0.326 e. The molecular formula is C13H12ClN3O3S2. The number of amides is 1. The number of halogens is 1. The maximum atomic E-state index is 12.1. The van der Waals surface area contributed by atoms with Crippen LogP contribution in [-0.2, 0) is 10.2 Å². The first-order chi connectivity index (χ1) is 10.3. The minimum Gasteiger partial charge on any atom is -0.321 e. The van der Waals surface area contributed by atoms with Crippen molar-refractivity contribution in [3.8, 4) is 0 Å². The smallest absolute Gasteiger partial charge is 0.321 e. The van der Waals surface area contributed by atoms with Gasteiger partial charge in [-0.3, -0.25) is 13.4 Å².